The Hall–Kier alpha value is -2.62. The molecule has 0 N–H and O–H groups in total. The van der Waals surface area contributed by atoms with Gasteiger partial charge in [-0.15, -0.1) is 0 Å². The van der Waals surface area contributed by atoms with Crippen LogP contribution in [0.15, 0.2) is 54.7 Å². The van der Waals surface area contributed by atoms with E-state index in [0.29, 0.717) is 16.5 Å². The smallest absolute Gasteiger partial charge is 0.193 e. The number of rotatable bonds is 2. The van der Waals surface area contributed by atoms with Crippen molar-refractivity contribution >= 4 is 16.7 Å². The number of ketones is 1. The molecule has 98 valence electrons. The Labute approximate surface area is 113 Å². The van der Waals surface area contributed by atoms with Gasteiger partial charge in [-0.05, 0) is 24.3 Å². The molecule has 20 heavy (non-hydrogen) atoms. The summed E-state index contributed by atoms with van der Waals surface area (Å²) in [7, 11) is 0. The van der Waals surface area contributed by atoms with E-state index < -0.39 is 17.4 Å². The fourth-order valence-electron chi connectivity index (χ4n) is 2.13. The van der Waals surface area contributed by atoms with Crippen molar-refractivity contribution in [2.75, 3.05) is 0 Å². The summed E-state index contributed by atoms with van der Waals surface area (Å²) < 4.78 is 26.4. The van der Waals surface area contributed by atoms with Gasteiger partial charge in [-0.3, -0.25) is 9.78 Å². The first-order valence-corrected chi connectivity index (χ1v) is 6.00. The van der Waals surface area contributed by atoms with E-state index >= 15 is 0 Å². The van der Waals surface area contributed by atoms with Gasteiger partial charge in [0.1, 0.15) is 11.6 Å². The number of carbonyl (C=O) groups is 1. The number of pyridine rings is 1. The van der Waals surface area contributed by atoms with Crippen LogP contribution >= 0.6 is 0 Å². The van der Waals surface area contributed by atoms with Crippen LogP contribution in [0.25, 0.3) is 10.9 Å². The summed E-state index contributed by atoms with van der Waals surface area (Å²) in [6.45, 7) is 0. The van der Waals surface area contributed by atoms with Gasteiger partial charge in [0.05, 0.1) is 5.52 Å². The minimum Gasteiger partial charge on any atom is -0.289 e. The molecule has 0 spiro atoms. The maximum Gasteiger partial charge on any atom is 0.193 e. The zero-order valence-electron chi connectivity index (χ0n) is 10.3. The van der Waals surface area contributed by atoms with Crippen LogP contribution in [0, 0.1) is 11.6 Å². The van der Waals surface area contributed by atoms with Crippen molar-refractivity contribution in [3.05, 3.63) is 77.5 Å². The molecule has 0 saturated heterocycles. The van der Waals surface area contributed by atoms with Gasteiger partial charge in [0.2, 0.25) is 0 Å². The van der Waals surface area contributed by atoms with E-state index in [1.165, 1.54) is 6.20 Å². The highest BCUT2D eigenvalue weighted by Crippen LogP contribution is 2.20. The van der Waals surface area contributed by atoms with Crippen LogP contribution in [0.2, 0.25) is 0 Å². The number of carbonyl (C=O) groups excluding carboxylic acids is 1. The summed E-state index contributed by atoms with van der Waals surface area (Å²) in [6, 6.07) is 11.5. The largest absolute Gasteiger partial charge is 0.289 e. The molecule has 2 aromatic carbocycles. The molecule has 3 aromatic rings. The molecular weight excluding hydrogens is 260 g/mol. The molecule has 2 nitrogen and oxygen atoms in total. The Balaban J connectivity index is 2.17. The van der Waals surface area contributed by atoms with Crippen LogP contribution in [0.1, 0.15) is 15.9 Å². The van der Waals surface area contributed by atoms with Crippen LogP contribution in [-0.2, 0) is 0 Å². The SMILES string of the molecule is O=C(c1cc(F)cc(F)c1)c1ccnc2ccccc12. The van der Waals surface area contributed by atoms with Crippen LogP contribution in [0.3, 0.4) is 0 Å². The molecule has 0 radical (unpaired) electrons. The second-order valence-corrected chi connectivity index (χ2v) is 4.36. The molecule has 0 saturated carbocycles. The zero-order chi connectivity index (χ0) is 14.1. The first-order valence-electron chi connectivity index (χ1n) is 6.00. The number of nitrogens with zero attached hydrogens (tertiary/aromatic N) is 1. The van der Waals surface area contributed by atoms with Crippen molar-refractivity contribution in [3.8, 4) is 0 Å². The Morgan fingerprint density at radius 1 is 0.950 bits per heavy atom. The summed E-state index contributed by atoms with van der Waals surface area (Å²) in [6.07, 6.45) is 1.51. The van der Waals surface area contributed by atoms with E-state index in [1.807, 2.05) is 6.07 Å². The Morgan fingerprint density at radius 3 is 2.40 bits per heavy atom. The molecule has 0 aliphatic heterocycles. The minimum atomic E-state index is -0.772. The molecule has 0 aliphatic rings. The highest BCUT2D eigenvalue weighted by atomic mass is 19.1. The normalized spacial score (nSPS) is 10.7. The predicted octanol–water partition coefficient (Wildman–Crippen LogP) is 3.74. The summed E-state index contributed by atoms with van der Waals surface area (Å²) in [5.41, 5.74) is 1.02. The molecule has 0 atom stereocenters. The Kier molecular flexibility index (Phi) is 2.99. The van der Waals surface area contributed by atoms with Crippen molar-refractivity contribution < 1.29 is 13.6 Å². The zero-order valence-corrected chi connectivity index (χ0v) is 10.3. The van der Waals surface area contributed by atoms with Gasteiger partial charge in [-0.25, -0.2) is 8.78 Å². The van der Waals surface area contributed by atoms with Gasteiger partial charge in [-0.2, -0.15) is 0 Å². The summed E-state index contributed by atoms with van der Waals surface area (Å²) >= 11 is 0. The highest BCUT2D eigenvalue weighted by Gasteiger charge is 2.14. The Morgan fingerprint density at radius 2 is 1.65 bits per heavy atom. The summed E-state index contributed by atoms with van der Waals surface area (Å²) in [5.74, 6) is -1.97. The third-order valence-corrected chi connectivity index (χ3v) is 3.02. The van der Waals surface area contributed by atoms with Gasteiger partial charge < -0.3 is 0 Å². The third kappa shape index (κ3) is 2.16. The molecule has 4 heteroatoms. The third-order valence-electron chi connectivity index (χ3n) is 3.02. The van der Waals surface area contributed by atoms with E-state index in [1.54, 1.807) is 24.3 Å². The van der Waals surface area contributed by atoms with Gasteiger partial charge in [0.25, 0.3) is 0 Å². The van der Waals surface area contributed by atoms with Crippen LogP contribution in [0.5, 0.6) is 0 Å². The first kappa shape index (κ1) is 12.4. The van der Waals surface area contributed by atoms with E-state index in [9.17, 15) is 13.6 Å². The number of aromatic nitrogens is 1. The lowest BCUT2D eigenvalue weighted by Crippen LogP contribution is -2.04. The average molecular weight is 269 g/mol. The molecule has 1 heterocycles. The molecular formula is C16H9F2NO. The van der Waals surface area contributed by atoms with E-state index in [-0.39, 0.29) is 5.56 Å². The van der Waals surface area contributed by atoms with Crippen LogP contribution in [0.4, 0.5) is 8.78 Å². The van der Waals surface area contributed by atoms with Gasteiger partial charge in [-0.1, -0.05) is 18.2 Å². The van der Waals surface area contributed by atoms with Crippen molar-refractivity contribution in [2.45, 2.75) is 0 Å². The average Bonchev–Trinajstić information content (AvgIpc) is 2.45. The van der Waals surface area contributed by atoms with Crippen molar-refractivity contribution in [2.24, 2.45) is 0 Å². The topological polar surface area (TPSA) is 30.0 Å². The molecule has 0 aliphatic carbocycles. The standard InChI is InChI=1S/C16H9F2NO/c17-11-7-10(8-12(18)9-11)16(20)14-5-6-19-15-4-2-1-3-13(14)15/h1-9H. The molecule has 0 unspecified atom stereocenters. The van der Waals surface area contributed by atoms with Gasteiger partial charge >= 0.3 is 0 Å². The minimum absolute atomic E-state index is 0.0150. The first-order chi connectivity index (χ1) is 9.65. The van der Waals surface area contributed by atoms with Crippen LogP contribution in [-0.4, -0.2) is 10.8 Å². The van der Waals surface area contributed by atoms with Crippen LogP contribution < -0.4 is 0 Å². The monoisotopic (exact) mass is 269 g/mol. The number of benzene rings is 2. The maximum absolute atomic E-state index is 13.2. The van der Waals surface area contributed by atoms with Crippen molar-refractivity contribution in [1.82, 2.24) is 4.98 Å². The lowest BCUT2D eigenvalue weighted by Gasteiger charge is -2.05. The second-order valence-electron chi connectivity index (χ2n) is 4.36. The van der Waals surface area contributed by atoms with Gasteiger partial charge in [0, 0.05) is 28.8 Å². The molecule has 0 amide bonds. The number of para-hydroxylation sites is 1. The quantitative estimate of drug-likeness (QED) is 0.663. The number of hydrogen-bond donors (Lipinski definition) is 0. The second kappa shape index (κ2) is 4.81. The lowest BCUT2D eigenvalue weighted by atomic mass is 10.00. The molecule has 3 rings (SSSR count). The summed E-state index contributed by atoms with van der Waals surface area (Å²) in [5, 5.41) is 0.657. The molecule has 1 aromatic heterocycles. The predicted molar refractivity (Wildman–Crippen MR) is 71.5 cm³/mol. The van der Waals surface area contributed by atoms with Crippen molar-refractivity contribution in [1.29, 1.82) is 0 Å². The summed E-state index contributed by atoms with van der Waals surface area (Å²) in [4.78, 5) is 16.6. The van der Waals surface area contributed by atoms with E-state index in [0.717, 1.165) is 18.2 Å². The van der Waals surface area contributed by atoms with Crippen molar-refractivity contribution in [3.63, 3.8) is 0 Å². The number of fused-ring (bicyclic) bond motifs is 1. The number of halogens is 2. The fourth-order valence-corrected chi connectivity index (χ4v) is 2.13. The van der Waals surface area contributed by atoms with Gasteiger partial charge in [0.15, 0.2) is 5.78 Å². The Bertz CT molecular complexity index is 789. The fraction of sp³-hybridized carbons (Fsp3) is 0. The highest BCUT2D eigenvalue weighted by molar-refractivity contribution is 6.15. The number of hydrogen-bond acceptors (Lipinski definition) is 2. The molecule has 0 fully saturated rings. The lowest BCUT2D eigenvalue weighted by molar-refractivity contribution is 0.103. The molecule has 0 bridgehead atoms. The van der Waals surface area contributed by atoms with E-state index in [2.05, 4.69) is 4.98 Å². The van der Waals surface area contributed by atoms with E-state index in [4.69, 9.17) is 0 Å². The maximum atomic E-state index is 13.2.